The predicted octanol–water partition coefficient (Wildman–Crippen LogP) is 4.11. The Morgan fingerprint density at radius 1 is 1.16 bits per heavy atom. The van der Waals surface area contributed by atoms with E-state index in [9.17, 15) is 17.6 Å². The van der Waals surface area contributed by atoms with Gasteiger partial charge in [-0.1, -0.05) is 6.07 Å². The molecule has 0 radical (unpaired) electrons. The van der Waals surface area contributed by atoms with Gasteiger partial charge in [-0.05, 0) is 69.2 Å². The number of nitrogens with zero attached hydrogens (tertiary/aromatic N) is 3. The highest BCUT2D eigenvalue weighted by Crippen LogP contribution is 2.55. The van der Waals surface area contributed by atoms with E-state index in [4.69, 9.17) is 14.7 Å². The molecule has 1 saturated carbocycles. The molecule has 0 unspecified atom stereocenters. The Hall–Kier alpha value is -3.57. The van der Waals surface area contributed by atoms with Crippen LogP contribution in [0.2, 0.25) is 0 Å². The van der Waals surface area contributed by atoms with Gasteiger partial charge in [-0.3, -0.25) is 0 Å². The summed E-state index contributed by atoms with van der Waals surface area (Å²) in [6, 6.07) is 13.7. The van der Waals surface area contributed by atoms with Gasteiger partial charge in [-0.2, -0.15) is 0 Å². The van der Waals surface area contributed by atoms with Crippen molar-refractivity contribution in [1.29, 1.82) is 0 Å². The first-order valence-electron chi connectivity index (χ1n) is 12.6. The summed E-state index contributed by atoms with van der Waals surface area (Å²) in [4.78, 5) is 23.5. The fourth-order valence-electron chi connectivity index (χ4n) is 4.69. The van der Waals surface area contributed by atoms with Crippen LogP contribution in [-0.2, 0) is 19.3 Å². The zero-order valence-corrected chi connectivity index (χ0v) is 22.1. The number of morpholine rings is 1. The summed E-state index contributed by atoms with van der Waals surface area (Å²) in [5, 5.41) is 5.44. The van der Waals surface area contributed by atoms with Crippen molar-refractivity contribution < 1.29 is 22.3 Å². The second-order valence-electron chi connectivity index (χ2n) is 9.57. The van der Waals surface area contributed by atoms with Gasteiger partial charge in [-0.25, -0.2) is 27.6 Å². The zero-order valence-electron chi connectivity index (χ0n) is 21.3. The van der Waals surface area contributed by atoms with Gasteiger partial charge < -0.3 is 20.3 Å². The zero-order chi connectivity index (χ0) is 26.9. The number of hydrogen-bond acceptors (Lipinski definition) is 7. The number of hydrogen-bond donors (Lipinski definition) is 2. The maximum absolute atomic E-state index is 14.0. The van der Waals surface area contributed by atoms with Gasteiger partial charge in [0.2, 0.25) is 0 Å². The molecule has 2 amide bonds. The van der Waals surface area contributed by atoms with Crippen molar-refractivity contribution in [2.75, 3.05) is 36.5 Å². The topological polar surface area (TPSA) is 114 Å². The van der Waals surface area contributed by atoms with E-state index in [0.717, 1.165) is 6.07 Å². The highest BCUT2D eigenvalue weighted by molar-refractivity contribution is 7.92. The molecule has 2 N–H and O–H groups in total. The molecule has 3 aromatic rings. The molecule has 2 aromatic carbocycles. The fraction of sp³-hybridized carbons (Fsp3) is 0.370. The Labute approximate surface area is 221 Å². The lowest BCUT2D eigenvalue weighted by atomic mass is 10.1. The molecule has 38 heavy (non-hydrogen) atoms. The van der Waals surface area contributed by atoms with Crippen molar-refractivity contribution in [1.82, 2.24) is 15.3 Å². The Bertz CT molecular complexity index is 1440. The van der Waals surface area contributed by atoms with Crippen LogP contribution in [0.15, 0.2) is 59.5 Å². The number of aromatic nitrogens is 2. The minimum Gasteiger partial charge on any atom is -0.377 e. The second-order valence-corrected chi connectivity index (χ2v) is 11.8. The number of urea groups is 1. The van der Waals surface area contributed by atoms with Gasteiger partial charge in [0.05, 0.1) is 29.8 Å². The van der Waals surface area contributed by atoms with E-state index >= 15 is 0 Å². The Morgan fingerprint density at radius 3 is 2.58 bits per heavy atom. The number of carbonyl (C=O) groups is 1. The summed E-state index contributed by atoms with van der Waals surface area (Å²) in [5.41, 5.74) is 1.67. The van der Waals surface area contributed by atoms with Crippen LogP contribution >= 0.6 is 0 Å². The van der Waals surface area contributed by atoms with Crippen molar-refractivity contribution in [3.63, 3.8) is 0 Å². The Balaban J connectivity index is 1.57. The number of carbonyl (C=O) groups excluding carboxylic acids is 1. The van der Waals surface area contributed by atoms with Crippen LogP contribution in [0.3, 0.4) is 0 Å². The summed E-state index contributed by atoms with van der Waals surface area (Å²) in [6.45, 7) is 6.04. The molecule has 2 aliphatic rings. The predicted molar refractivity (Wildman–Crippen MR) is 142 cm³/mol. The van der Waals surface area contributed by atoms with Crippen molar-refractivity contribution in [2.24, 2.45) is 0 Å². The number of amides is 2. The molecule has 1 aromatic heterocycles. The molecule has 1 saturated heterocycles. The number of nitrogens with one attached hydrogen (secondary N) is 2. The average Bonchev–Trinajstić information content (AvgIpc) is 3.72. The lowest BCUT2D eigenvalue weighted by Gasteiger charge is -2.34. The maximum Gasteiger partial charge on any atom is 0.319 e. The van der Waals surface area contributed by atoms with E-state index in [2.05, 4.69) is 15.5 Å². The van der Waals surface area contributed by atoms with Crippen LogP contribution < -0.4 is 15.5 Å². The van der Waals surface area contributed by atoms with Gasteiger partial charge >= 0.3 is 6.03 Å². The number of rotatable bonds is 7. The fourth-order valence-corrected chi connectivity index (χ4v) is 6.68. The first-order valence-corrected chi connectivity index (χ1v) is 14.1. The standard InChI is InChI=1S/C27H30FN5O4S/c1-3-29-26(34)30-21-9-7-19(8-10-21)25-31-23(16-24(32-25)33-13-14-37-17-18(33)2)27(11-12-27)38(35,36)22-6-4-5-20(28)15-22/h4-10,15-16,18H,3,11-14,17H2,1-2H3,(H2,29,30,34)/t18-/m0/s1. The molecule has 2 fully saturated rings. The van der Waals surface area contributed by atoms with Gasteiger partial charge in [-0.15, -0.1) is 0 Å². The first-order chi connectivity index (χ1) is 18.2. The van der Waals surface area contributed by atoms with E-state index in [-0.39, 0.29) is 17.0 Å². The van der Waals surface area contributed by atoms with E-state index in [1.807, 2.05) is 13.8 Å². The molecule has 200 valence electrons. The smallest absolute Gasteiger partial charge is 0.319 e. The van der Waals surface area contributed by atoms with Gasteiger partial charge in [0.25, 0.3) is 0 Å². The summed E-state index contributed by atoms with van der Waals surface area (Å²) in [6.07, 6.45) is 0.769. The number of sulfone groups is 1. The molecule has 0 spiro atoms. The monoisotopic (exact) mass is 539 g/mol. The number of ether oxygens (including phenoxy) is 1. The van der Waals surface area contributed by atoms with E-state index in [1.54, 1.807) is 30.3 Å². The molecule has 1 aliphatic carbocycles. The van der Waals surface area contributed by atoms with E-state index in [0.29, 0.717) is 67.7 Å². The van der Waals surface area contributed by atoms with Crippen molar-refractivity contribution in [3.8, 4) is 11.4 Å². The molecule has 11 heteroatoms. The van der Waals surface area contributed by atoms with Crippen LogP contribution in [-0.4, -0.2) is 56.8 Å². The molecular formula is C27H30FN5O4S. The largest absolute Gasteiger partial charge is 0.377 e. The van der Waals surface area contributed by atoms with Crippen molar-refractivity contribution in [2.45, 2.75) is 42.4 Å². The number of benzene rings is 2. The van der Waals surface area contributed by atoms with Crippen LogP contribution in [0.1, 0.15) is 32.4 Å². The van der Waals surface area contributed by atoms with Crippen LogP contribution in [0.4, 0.5) is 20.7 Å². The minimum atomic E-state index is -3.92. The molecule has 0 bridgehead atoms. The normalized spacial score (nSPS) is 18.6. The average molecular weight is 540 g/mol. The highest BCUT2D eigenvalue weighted by Gasteiger charge is 2.58. The lowest BCUT2D eigenvalue weighted by molar-refractivity contribution is 0.0985. The maximum atomic E-state index is 14.0. The molecule has 1 aliphatic heterocycles. The highest BCUT2D eigenvalue weighted by atomic mass is 32.2. The van der Waals surface area contributed by atoms with E-state index < -0.39 is 20.4 Å². The van der Waals surface area contributed by atoms with Crippen molar-refractivity contribution >= 4 is 27.4 Å². The van der Waals surface area contributed by atoms with Gasteiger partial charge in [0.15, 0.2) is 15.7 Å². The van der Waals surface area contributed by atoms with Gasteiger partial charge in [0.1, 0.15) is 16.4 Å². The van der Waals surface area contributed by atoms with Gasteiger partial charge in [0, 0.05) is 30.4 Å². The molecule has 1 atom stereocenters. The van der Waals surface area contributed by atoms with Crippen molar-refractivity contribution in [3.05, 3.63) is 66.1 Å². The molecule has 2 heterocycles. The molecule has 5 rings (SSSR count). The first kappa shape index (κ1) is 26.1. The summed E-state index contributed by atoms with van der Waals surface area (Å²) >= 11 is 0. The summed E-state index contributed by atoms with van der Waals surface area (Å²) in [5.74, 6) is 0.391. The summed E-state index contributed by atoms with van der Waals surface area (Å²) < 4.78 is 45.8. The van der Waals surface area contributed by atoms with Crippen LogP contribution in [0, 0.1) is 5.82 Å². The Kier molecular flexibility index (Phi) is 7.06. The SMILES string of the molecule is CCNC(=O)Nc1ccc(-c2nc(N3CCOC[C@@H]3C)cc(C3(S(=O)(=O)c4cccc(F)c4)CC3)n2)cc1. The summed E-state index contributed by atoms with van der Waals surface area (Å²) in [7, 11) is -3.92. The molecular weight excluding hydrogens is 509 g/mol. The molecule has 9 nitrogen and oxygen atoms in total. The number of halogens is 1. The lowest BCUT2D eigenvalue weighted by Crippen LogP contribution is -2.44. The number of anilines is 2. The van der Waals surface area contributed by atoms with Crippen LogP contribution in [0.25, 0.3) is 11.4 Å². The second kappa shape index (κ2) is 10.3. The third-order valence-electron chi connectivity index (χ3n) is 6.90. The Morgan fingerprint density at radius 2 is 1.92 bits per heavy atom. The third kappa shape index (κ3) is 4.95. The minimum absolute atomic E-state index is 0.0398. The third-order valence-corrected chi connectivity index (χ3v) is 9.43. The quantitative estimate of drug-likeness (QED) is 0.465. The van der Waals surface area contributed by atoms with E-state index in [1.165, 1.54) is 18.2 Å². The van der Waals surface area contributed by atoms with Crippen LogP contribution in [0.5, 0.6) is 0 Å².